The lowest BCUT2D eigenvalue weighted by Crippen LogP contribution is -2.12. The van der Waals surface area contributed by atoms with E-state index >= 15 is 0 Å². The molecule has 3 nitrogen and oxygen atoms in total. The zero-order valence-corrected chi connectivity index (χ0v) is 15.5. The van der Waals surface area contributed by atoms with Crippen LogP contribution in [-0.4, -0.2) is 7.11 Å². The molecule has 2 heterocycles. The van der Waals surface area contributed by atoms with Crippen LogP contribution in [0.4, 0.5) is 17.3 Å². The maximum atomic E-state index is 6.39. The van der Waals surface area contributed by atoms with Crippen LogP contribution in [-0.2, 0) is 12.8 Å². The minimum atomic E-state index is 0.845. The average Bonchev–Trinajstić information content (AvgIpc) is 2.98. The molecule has 0 unspecified atom stereocenters. The molecule has 3 heteroatoms. The van der Waals surface area contributed by atoms with Crippen LogP contribution >= 0.6 is 0 Å². The number of para-hydroxylation sites is 2. The summed E-state index contributed by atoms with van der Waals surface area (Å²) in [6, 6.07) is 23.2. The molecule has 0 fully saturated rings. The lowest BCUT2D eigenvalue weighted by atomic mass is 10.0. The van der Waals surface area contributed by atoms with E-state index in [1.807, 2.05) is 12.1 Å². The van der Waals surface area contributed by atoms with E-state index in [0.717, 1.165) is 41.4 Å². The third kappa shape index (κ3) is 2.50. The Bertz CT molecular complexity index is 1140. The molecule has 134 valence electrons. The Morgan fingerprint density at radius 2 is 1.70 bits per heavy atom. The van der Waals surface area contributed by atoms with E-state index in [9.17, 15) is 0 Å². The summed E-state index contributed by atoms with van der Waals surface area (Å²) in [5.74, 6) is 1.74. The number of furan rings is 1. The molecule has 1 aliphatic heterocycles. The molecule has 0 amide bonds. The van der Waals surface area contributed by atoms with E-state index in [1.165, 1.54) is 22.1 Å². The SMILES string of the molecule is COc1cc(C)ccc1N1c2ccccc2CCc2c1oc1ccccc21. The Hall–Kier alpha value is -3.20. The normalized spacial score (nSPS) is 13.2. The topological polar surface area (TPSA) is 25.6 Å². The van der Waals surface area contributed by atoms with Crippen LogP contribution in [0.3, 0.4) is 0 Å². The molecular formula is C24H21NO2. The standard InChI is InChI=1S/C24H21NO2/c1-16-11-14-21(23(15-16)26-2)25-20-9-5-3-7-17(20)12-13-19-18-8-4-6-10-22(18)27-24(19)25/h3-11,14-15H,12-13H2,1-2H3. The van der Waals surface area contributed by atoms with E-state index in [-0.39, 0.29) is 0 Å². The molecule has 5 rings (SSSR count). The van der Waals surface area contributed by atoms with Gasteiger partial charge >= 0.3 is 0 Å². The maximum Gasteiger partial charge on any atom is 0.209 e. The first kappa shape index (κ1) is 16.0. The second-order valence-electron chi connectivity index (χ2n) is 7.02. The third-order valence-electron chi connectivity index (χ3n) is 5.33. The quantitative estimate of drug-likeness (QED) is 0.421. The zero-order valence-electron chi connectivity index (χ0n) is 15.5. The fourth-order valence-corrected chi connectivity index (χ4v) is 4.03. The van der Waals surface area contributed by atoms with Gasteiger partial charge in [0.05, 0.1) is 18.5 Å². The van der Waals surface area contributed by atoms with Crippen molar-refractivity contribution >= 4 is 28.2 Å². The van der Waals surface area contributed by atoms with E-state index in [0.29, 0.717) is 0 Å². The van der Waals surface area contributed by atoms with Crippen molar-refractivity contribution in [3.63, 3.8) is 0 Å². The number of fused-ring (bicyclic) bond motifs is 4. The van der Waals surface area contributed by atoms with Gasteiger partial charge in [0.1, 0.15) is 11.3 Å². The average molecular weight is 355 g/mol. The molecule has 27 heavy (non-hydrogen) atoms. The molecule has 4 aromatic rings. The fraction of sp³-hybridized carbons (Fsp3) is 0.167. The summed E-state index contributed by atoms with van der Waals surface area (Å²) in [6.07, 6.45) is 1.94. The molecule has 0 atom stereocenters. The highest BCUT2D eigenvalue weighted by Gasteiger charge is 2.28. The summed E-state index contributed by atoms with van der Waals surface area (Å²) in [5, 5.41) is 1.19. The minimum absolute atomic E-state index is 0.845. The predicted molar refractivity (Wildman–Crippen MR) is 110 cm³/mol. The van der Waals surface area contributed by atoms with Crippen LogP contribution in [0.15, 0.2) is 71.1 Å². The number of hydrogen-bond acceptors (Lipinski definition) is 3. The number of methoxy groups -OCH3 is 1. The molecule has 0 radical (unpaired) electrons. The second-order valence-corrected chi connectivity index (χ2v) is 7.02. The summed E-state index contributed by atoms with van der Waals surface area (Å²) < 4.78 is 12.1. The third-order valence-corrected chi connectivity index (χ3v) is 5.33. The summed E-state index contributed by atoms with van der Waals surface area (Å²) in [4.78, 5) is 2.22. The molecule has 0 saturated heterocycles. The number of benzene rings is 3. The number of nitrogens with zero attached hydrogens (tertiary/aromatic N) is 1. The van der Waals surface area contributed by atoms with Gasteiger partial charge in [-0.2, -0.15) is 0 Å². The first-order chi connectivity index (χ1) is 13.3. The Kier molecular flexibility index (Phi) is 3.68. The number of rotatable bonds is 2. The van der Waals surface area contributed by atoms with Crippen LogP contribution in [0.1, 0.15) is 16.7 Å². The van der Waals surface area contributed by atoms with E-state index in [2.05, 4.69) is 66.4 Å². The van der Waals surface area contributed by atoms with Gasteiger partial charge in [0.15, 0.2) is 0 Å². The van der Waals surface area contributed by atoms with Gasteiger partial charge in [-0.1, -0.05) is 42.5 Å². The molecule has 1 aliphatic rings. The molecule has 1 aromatic heterocycles. The number of aryl methyl sites for hydroxylation is 3. The van der Waals surface area contributed by atoms with Gasteiger partial charge in [-0.15, -0.1) is 0 Å². The highest BCUT2D eigenvalue weighted by atomic mass is 16.5. The second kappa shape index (κ2) is 6.20. The number of ether oxygens (including phenoxy) is 1. The largest absolute Gasteiger partial charge is 0.495 e. The predicted octanol–water partition coefficient (Wildman–Crippen LogP) is 6.32. The molecular weight excluding hydrogens is 334 g/mol. The Morgan fingerprint density at radius 1 is 0.889 bits per heavy atom. The molecule has 0 aliphatic carbocycles. The van der Waals surface area contributed by atoms with Gasteiger partial charge in [-0.3, -0.25) is 4.90 Å². The highest BCUT2D eigenvalue weighted by molar-refractivity contribution is 5.92. The van der Waals surface area contributed by atoms with Gasteiger partial charge in [0.25, 0.3) is 0 Å². The van der Waals surface area contributed by atoms with Crippen LogP contribution in [0.25, 0.3) is 11.0 Å². The number of anilines is 3. The van der Waals surface area contributed by atoms with Crippen molar-refractivity contribution in [2.75, 3.05) is 12.0 Å². The summed E-state index contributed by atoms with van der Waals surface area (Å²) in [5.41, 5.74) is 6.82. The Balaban J connectivity index is 1.84. The molecule has 0 spiro atoms. The van der Waals surface area contributed by atoms with E-state index in [1.54, 1.807) is 7.11 Å². The Morgan fingerprint density at radius 3 is 2.59 bits per heavy atom. The van der Waals surface area contributed by atoms with E-state index < -0.39 is 0 Å². The summed E-state index contributed by atoms with van der Waals surface area (Å²) in [6.45, 7) is 2.08. The zero-order chi connectivity index (χ0) is 18.4. The van der Waals surface area contributed by atoms with Crippen molar-refractivity contribution in [1.29, 1.82) is 0 Å². The van der Waals surface area contributed by atoms with Crippen molar-refractivity contribution in [2.45, 2.75) is 19.8 Å². The number of hydrogen-bond donors (Lipinski definition) is 0. The molecule has 0 saturated carbocycles. The van der Waals surface area contributed by atoms with Gasteiger partial charge in [0.2, 0.25) is 5.88 Å². The smallest absolute Gasteiger partial charge is 0.209 e. The summed E-state index contributed by atoms with van der Waals surface area (Å²) in [7, 11) is 1.72. The van der Waals surface area contributed by atoms with Crippen molar-refractivity contribution < 1.29 is 9.15 Å². The Labute approximate surface area is 158 Å². The van der Waals surface area contributed by atoms with Crippen LogP contribution < -0.4 is 9.64 Å². The van der Waals surface area contributed by atoms with Crippen molar-refractivity contribution in [1.82, 2.24) is 0 Å². The van der Waals surface area contributed by atoms with Crippen molar-refractivity contribution in [3.8, 4) is 5.75 Å². The highest BCUT2D eigenvalue weighted by Crippen LogP contribution is 2.48. The van der Waals surface area contributed by atoms with Gasteiger partial charge in [-0.25, -0.2) is 0 Å². The fourth-order valence-electron chi connectivity index (χ4n) is 4.03. The molecule has 0 N–H and O–H groups in total. The van der Waals surface area contributed by atoms with Gasteiger partial charge < -0.3 is 9.15 Å². The van der Waals surface area contributed by atoms with E-state index in [4.69, 9.17) is 9.15 Å². The van der Waals surface area contributed by atoms with Gasteiger partial charge in [-0.05, 0) is 55.2 Å². The molecule has 3 aromatic carbocycles. The van der Waals surface area contributed by atoms with Crippen molar-refractivity contribution in [2.24, 2.45) is 0 Å². The van der Waals surface area contributed by atoms with Crippen molar-refractivity contribution in [3.05, 3.63) is 83.4 Å². The lowest BCUT2D eigenvalue weighted by molar-refractivity contribution is 0.415. The van der Waals surface area contributed by atoms with Crippen LogP contribution in [0.5, 0.6) is 5.75 Å². The van der Waals surface area contributed by atoms with Crippen LogP contribution in [0.2, 0.25) is 0 Å². The maximum absolute atomic E-state index is 6.39. The summed E-state index contributed by atoms with van der Waals surface area (Å²) >= 11 is 0. The first-order valence-electron chi connectivity index (χ1n) is 9.29. The minimum Gasteiger partial charge on any atom is -0.495 e. The van der Waals surface area contributed by atoms with Crippen LogP contribution in [0, 0.1) is 6.92 Å². The lowest BCUT2D eigenvalue weighted by Gasteiger charge is -2.26. The van der Waals surface area contributed by atoms with Gasteiger partial charge in [0, 0.05) is 10.9 Å². The monoisotopic (exact) mass is 355 g/mol. The molecule has 0 bridgehead atoms. The first-order valence-corrected chi connectivity index (χ1v) is 9.29.